The predicted molar refractivity (Wildman–Crippen MR) is 252 cm³/mol. The van der Waals surface area contributed by atoms with Gasteiger partial charge in [-0.1, -0.05) is 140 Å². The number of benzene rings is 8. The Bertz CT molecular complexity index is 2900. The van der Waals surface area contributed by atoms with Gasteiger partial charge in [0.05, 0.1) is 16.7 Å². The largest absolute Gasteiger partial charge is 0.311 e. The molecular formula is C58H48N2. The third kappa shape index (κ3) is 6.00. The van der Waals surface area contributed by atoms with Crippen LogP contribution in [0.15, 0.2) is 200 Å². The third-order valence-electron chi connectivity index (χ3n) is 14.4. The fourth-order valence-corrected chi connectivity index (χ4v) is 12.1. The Morgan fingerprint density at radius 2 is 0.833 bits per heavy atom. The van der Waals surface area contributed by atoms with E-state index in [9.17, 15) is 0 Å². The van der Waals surface area contributed by atoms with Gasteiger partial charge in [0.2, 0.25) is 0 Å². The van der Waals surface area contributed by atoms with Crippen molar-refractivity contribution in [2.24, 2.45) is 17.8 Å². The molecule has 4 aliphatic rings. The first-order valence-electron chi connectivity index (χ1n) is 22.0. The second kappa shape index (κ2) is 14.3. The van der Waals surface area contributed by atoms with Crippen LogP contribution in [0.2, 0.25) is 0 Å². The Morgan fingerprint density at radius 3 is 1.42 bits per heavy atom. The molecule has 0 aliphatic heterocycles. The first kappa shape index (κ1) is 35.3. The zero-order valence-corrected chi connectivity index (χ0v) is 33.9. The Kier molecular flexibility index (Phi) is 8.40. The summed E-state index contributed by atoms with van der Waals surface area (Å²) in [5.41, 5.74) is 16.4. The van der Waals surface area contributed by atoms with E-state index in [2.05, 4.69) is 210 Å². The van der Waals surface area contributed by atoms with Gasteiger partial charge in [0, 0.05) is 33.4 Å². The lowest BCUT2D eigenvalue weighted by Crippen LogP contribution is -2.48. The van der Waals surface area contributed by atoms with Gasteiger partial charge in [-0.15, -0.1) is 0 Å². The average Bonchev–Trinajstić information content (AvgIpc) is 3.64. The molecule has 4 fully saturated rings. The number of para-hydroxylation sites is 3. The summed E-state index contributed by atoms with van der Waals surface area (Å²) in [5.74, 6) is 2.79. The molecule has 60 heavy (non-hydrogen) atoms. The number of hydrogen-bond donors (Lipinski definition) is 0. The van der Waals surface area contributed by atoms with Crippen molar-refractivity contribution in [3.63, 3.8) is 0 Å². The molecule has 8 aromatic carbocycles. The standard InChI is InChI=1S/C58H48N2/c1-2-11-43(12-3-1)46-13-10-14-47(36-46)44-21-27-49(28-22-44)59(51-31-25-48(26-32-51)58-37-40-33-41(38-58)35-42(34-40)39-58)50-29-23-45(24-30-50)52-15-4-7-18-55(52)60-56-19-8-5-16-53(56)54-17-6-9-20-57(54)60/h1-32,36,40-42H,33-35,37-39H2. The fraction of sp³-hybridized carbons (Fsp3) is 0.172. The molecule has 0 spiro atoms. The van der Waals surface area contributed by atoms with E-state index < -0.39 is 0 Å². The van der Waals surface area contributed by atoms with Crippen LogP contribution in [0.4, 0.5) is 17.1 Å². The summed E-state index contributed by atoms with van der Waals surface area (Å²) in [6, 6.07) is 74.1. The van der Waals surface area contributed by atoms with E-state index in [1.165, 1.54) is 105 Å². The zero-order chi connectivity index (χ0) is 39.6. The average molecular weight is 773 g/mol. The third-order valence-corrected chi connectivity index (χ3v) is 14.4. The molecule has 0 amide bonds. The molecular weight excluding hydrogens is 725 g/mol. The molecule has 0 atom stereocenters. The van der Waals surface area contributed by atoms with E-state index in [0.717, 1.165) is 29.1 Å². The van der Waals surface area contributed by atoms with Crippen molar-refractivity contribution in [2.75, 3.05) is 4.90 Å². The van der Waals surface area contributed by atoms with Gasteiger partial charge in [-0.05, 0) is 156 Å². The lowest BCUT2D eigenvalue weighted by atomic mass is 9.48. The van der Waals surface area contributed by atoms with Crippen molar-refractivity contribution >= 4 is 38.9 Å². The van der Waals surface area contributed by atoms with Crippen LogP contribution in [0.5, 0.6) is 0 Å². The maximum Gasteiger partial charge on any atom is 0.0541 e. The Hall–Kier alpha value is -6.64. The van der Waals surface area contributed by atoms with Crippen molar-refractivity contribution in [3.8, 4) is 39.1 Å². The number of nitrogens with zero attached hydrogens (tertiary/aromatic N) is 2. The van der Waals surface area contributed by atoms with Crippen molar-refractivity contribution in [2.45, 2.75) is 43.9 Å². The molecule has 13 rings (SSSR count). The van der Waals surface area contributed by atoms with Crippen molar-refractivity contribution in [1.29, 1.82) is 0 Å². The summed E-state index contributed by atoms with van der Waals surface area (Å²) in [5, 5.41) is 2.55. The van der Waals surface area contributed by atoms with E-state index in [1.54, 1.807) is 5.56 Å². The monoisotopic (exact) mass is 772 g/mol. The van der Waals surface area contributed by atoms with Crippen LogP contribution in [-0.4, -0.2) is 4.57 Å². The van der Waals surface area contributed by atoms with Gasteiger partial charge in [0.1, 0.15) is 0 Å². The molecule has 2 heteroatoms. The Labute approximate surface area is 353 Å². The highest BCUT2D eigenvalue weighted by Gasteiger charge is 2.51. The number of rotatable bonds is 8. The van der Waals surface area contributed by atoms with Gasteiger partial charge in [-0.25, -0.2) is 0 Å². The van der Waals surface area contributed by atoms with Crippen LogP contribution >= 0.6 is 0 Å². The smallest absolute Gasteiger partial charge is 0.0541 e. The normalized spacial score (nSPS) is 20.5. The first-order valence-corrected chi connectivity index (χ1v) is 22.0. The van der Waals surface area contributed by atoms with Crippen LogP contribution < -0.4 is 4.90 Å². The maximum atomic E-state index is 2.48. The highest BCUT2D eigenvalue weighted by Crippen LogP contribution is 2.61. The summed E-state index contributed by atoms with van der Waals surface area (Å²) in [7, 11) is 0. The second-order valence-electron chi connectivity index (χ2n) is 18.0. The summed E-state index contributed by atoms with van der Waals surface area (Å²) >= 11 is 0. The molecule has 1 aromatic heterocycles. The van der Waals surface area contributed by atoms with Crippen LogP contribution in [0.25, 0.3) is 60.9 Å². The molecule has 4 aliphatic carbocycles. The fourth-order valence-electron chi connectivity index (χ4n) is 12.1. The molecule has 1 heterocycles. The first-order chi connectivity index (χ1) is 29.7. The topological polar surface area (TPSA) is 8.17 Å². The maximum absolute atomic E-state index is 2.48. The SMILES string of the molecule is c1ccc(-c2cccc(-c3ccc(N(c4ccc(-c5ccccc5-n5c6ccccc6c6ccccc65)cc4)c4ccc(C56CC7CC(CC(C7)C5)C6)cc4)cc3)c2)cc1. The zero-order valence-electron chi connectivity index (χ0n) is 33.9. The van der Waals surface area contributed by atoms with Gasteiger partial charge < -0.3 is 9.47 Å². The minimum absolute atomic E-state index is 0.374. The summed E-state index contributed by atoms with van der Waals surface area (Å²) in [6.07, 6.45) is 8.55. The van der Waals surface area contributed by atoms with E-state index >= 15 is 0 Å². The minimum Gasteiger partial charge on any atom is -0.311 e. The van der Waals surface area contributed by atoms with E-state index in [1.807, 2.05) is 0 Å². The Balaban J connectivity index is 0.925. The molecule has 290 valence electrons. The van der Waals surface area contributed by atoms with E-state index in [0.29, 0.717) is 5.41 Å². The predicted octanol–water partition coefficient (Wildman–Crippen LogP) is 15.7. The minimum atomic E-state index is 0.374. The van der Waals surface area contributed by atoms with Gasteiger partial charge in [-0.3, -0.25) is 0 Å². The van der Waals surface area contributed by atoms with Gasteiger partial charge in [-0.2, -0.15) is 0 Å². The highest BCUT2D eigenvalue weighted by atomic mass is 15.1. The van der Waals surface area contributed by atoms with Crippen LogP contribution in [-0.2, 0) is 5.41 Å². The van der Waals surface area contributed by atoms with Gasteiger partial charge in [0.25, 0.3) is 0 Å². The van der Waals surface area contributed by atoms with E-state index in [4.69, 9.17) is 0 Å². The lowest BCUT2D eigenvalue weighted by molar-refractivity contribution is -0.00518. The molecule has 0 N–H and O–H groups in total. The number of fused-ring (bicyclic) bond motifs is 3. The molecule has 0 saturated heterocycles. The highest BCUT2D eigenvalue weighted by molar-refractivity contribution is 6.09. The quantitative estimate of drug-likeness (QED) is 0.149. The molecule has 0 unspecified atom stereocenters. The second-order valence-corrected chi connectivity index (χ2v) is 18.0. The summed E-state index contributed by atoms with van der Waals surface area (Å²) in [4.78, 5) is 2.44. The van der Waals surface area contributed by atoms with E-state index in [-0.39, 0.29) is 0 Å². The summed E-state index contributed by atoms with van der Waals surface area (Å²) in [6.45, 7) is 0. The molecule has 4 bridgehead atoms. The molecule has 2 nitrogen and oxygen atoms in total. The summed E-state index contributed by atoms with van der Waals surface area (Å²) < 4.78 is 2.43. The van der Waals surface area contributed by atoms with Crippen LogP contribution in [0, 0.1) is 17.8 Å². The molecule has 9 aromatic rings. The van der Waals surface area contributed by atoms with Crippen LogP contribution in [0.1, 0.15) is 44.1 Å². The number of anilines is 3. The molecule has 4 saturated carbocycles. The van der Waals surface area contributed by atoms with Crippen molar-refractivity contribution in [1.82, 2.24) is 4.57 Å². The van der Waals surface area contributed by atoms with Crippen molar-refractivity contribution < 1.29 is 0 Å². The number of aromatic nitrogens is 1. The van der Waals surface area contributed by atoms with Gasteiger partial charge >= 0.3 is 0 Å². The van der Waals surface area contributed by atoms with Crippen LogP contribution in [0.3, 0.4) is 0 Å². The Morgan fingerprint density at radius 1 is 0.383 bits per heavy atom. The van der Waals surface area contributed by atoms with Crippen molar-refractivity contribution in [3.05, 3.63) is 206 Å². The lowest BCUT2D eigenvalue weighted by Gasteiger charge is -2.57. The van der Waals surface area contributed by atoms with Gasteiger partial charge in [0.15, 0.2) is 0 Å². The molecule has 0 radical (unpaired) electrons. The number of hydrogen-bond acceptors (Lipinski definition) is 1.